The van der Waals surface area contributed by atoms with Crippen molar-refractivity contribution in [3.05, 3.63) is 53.0 Å². The summed E-state index contributed by atoms with van der Waals surface area (Å²) in [6.45, 7) is 8.04. The van der Waals surface area contributed by atoms with Crippen molar-refractivity contribution in [2.24, 2.45) is 17.8 Å². The van der Waals surface area contributed by atoms with E-state index in [4.69, 9.17) is 4.74 Å². The normalized spacial score (nSPS) is 19.4. The van der Waals surface area contributed by atoms with Crippen LogP contribution in [0.1, 0.15) is 74.8 Å². The van der Waals surface area contributed by atoms with E-state index in [-0.39, 0.29) is 47.9 Å². The molecule has 1 aliphatic carbocycles. The zero-order valence-corrected chi connectivity index (χ0v) is 26.4. The molecule has 0 unspecified atom stereocenters. The number of anilines is 1. The molecule has 1 saturated carbocycles. The molecule has 2 aromatic heterocycles. The number of benzene rings is 1. The van der Waals surface area contributed by atoms with E-state index >= 15 is 0 Å². The number of ether oxygens (including phenoxy) is 1. The Morgan fingerprint density at radius 3 is 2.37 bits per heavy atom. The van der Waals surface area contributed by atoms with E-state index in [0.717, 1.165) is 47.2 Å². The van der Waals surface area contributed by atoms with E-state index in [2.05, 4.69) is 0 Å². The van der Waals surface area contributed by atoms with Crippen LogP contribution in [0.2, 0.25) is 0 Å². The van der Waals surface area contributed by atoms with Crippen molar-refractivity contribution < 1.29 is 23.9 Å². The van der Waals surface area contributed by atoms with Crippen LogP contribution in [-0.4, -0.2) is 59.3 Å². The first kappa shape index (κ1) is 31.0. The monoisotopic (exact) mass is 605 g/mol. The average Bonchev–Trinajstić information content (AvgIpc) is 3.60. The van der Waals surface area contributed by atoms with Crippen LogP contribution in [0.25, 0.3) is 10.2 Å². The Labute approximate surface area is 258 Å². The zero-order chi connectivity index (χ0) is 30.5. The van der Waals surface area contributed by atoms with Crippen LogP contribution in [-0.2, 0) is 25.7 Å². The Morgan fingerprint density at radius 2 is 1.70 bits per heavy atom. The first-order chi connectivity index (χ1) is 20.8. The van der Waals surface area contributed by atoms with Gasteiger partial charge in [0.05, 0.1) is 28.4 Å². The quantitative estimate of drug-likeness (QED) is 0.202. The first-order valence-corrected chi connectivity index (χ1v) is 16.6. The summed E-state index contributed by atoms with van der Waals surface area (Å²) in [5, 5.41) is 2.00. The molecule has 0 atom stereocenters. The first-order valence-electron chi connectivity index (χ1n) is 15.7. The molecule has 43 heavy (non-hydrogen) atoms. The van der Waals surface area contributed by atoms with Gasteiger partial charge in [-0.1, -0.05) is 12.1 Å². The topological polar surface area (TPSA) is 88.9 Å². The minimum Gasteiger partial charge on any atom is -0.466 e. The van der Waals surface area contributed by atoms with E-state index in [1.54, 1.807) is 16.2 Å². The number of carbonyl (C=O) groups excluding carboxylic acids is 4. The number of aryl methyl sites for hydroxylation is 1. The van der Waals surface area contributed by atoms with Crippen molar-refractivity contribution in [2.45, 2.75) is 72.3 Å². The molecule has 0 spiro atoms. The largest absolute Gasteiger partial charge is 0.466 e. The maximum atomic E-state index is 13.7. The third-order valence-electron chi connectivity index (χ3n) is 9.13. The molecule has 0 bridgehead atoms. The number of Topliss-reactive ketones (excluding diaryl/α,β-unsaturated/α-hetero) is 1. The number of likely N-dealkylation sites (N-methyl/N-ethyl adjacent to an activating group) is 1. The SMILES string of the molecule is CCOC(=O)C1CCN(C(=O)C2CCC(CC(=O)c3cc4sccc4n3CC(=O)N(CC)c3cccc(C)c3)CC2)CC1. The molecule has 1 aromatic carbocycles. The van der Waals surface area contributed by atoms with E-state index in [0.29, 0.717) is 51.2 Å². The number of hydrogen-bond acceptors (Lipinski definition) is 6. The van der Waals surface area contributed by atoms with Gasteiger partial charge in [0.15, 0.2) is 5.78 Å². The minimum atomic E-state index is -0.149. The third-order valence-corrected chi connectivity index (χ3v) is 9.98. The highest BCUT2D eigenvalue weighted by atomic mass is 32.1. The third kappa shape index (κ3) is 7.03. The lowest BCUT2D eigenvalue weighted by Crippen LogP contribution is -2.44. The summed E-state index contributed by atoms with van der Waals surface area (Å²) in [6, 6.07) is 11.9. The predicted octanol–water partition coefficient (Wildman–Crippen LogP) is 6.25. The number of thiophene rings is 1. The predicted molar refractivity (Wildman–Crippen MR) is 169 cm³/mol. The van der Waals surface area contributed by atoms with Crippen LogP contribution in [0, 0.1) is 24.7 Å². The minimum absolute atomic E-state index is 0.0148. The number of nitrogens with zero attached hydrogens (tertiary/aromatic N) is 3. The van der Waals surface area contributed by atoms with Gasteiger partial charge in [0.25, 0.3) is 0 Å². The van der Waals surface area contributed by atoms with Crippen LogP contribution in [0.15, 0.2) is 41.8 Å². The van der Waals surface area contributed by atoms with Crippen LogP contribution >= 0.6 is 11.3 Å². The molecular formula is C34H43N3O5S. The Hall–Kier alpha value is -3.46. The fourth-order valence-corrected chi connectivity index (χ4v) is 7.55. The molecule has 9 heteroatoms. The van der Waals surface area contributed by atoms with Crippen molar-refractivity contribution in [3.8, 4) is 0 Å². The number of esters is 1. The van der Waals surface area contributed by atoms with Gasteiger partial charge in [-0.05, 0) is 100 Å². The number of likely N-dealkylation sites (tertiary alicyclic amines) is 1. The molecule has 5 rings (SSSR count). The van der Waals surface area contributed by atoms with E-state index < -0.39 is 0 Å². The van der Waals surface area contributed by atoms with Crippen LogP contribution in [0.5, 0.6) is 0 Å². The molecule has 3 heterocycles. The van der Waals surface area contributed by atoms with Crippen LogP contribution in [0.4, 0.5) is 5.69 Å². The molecule has 230 valence electrons. The lowest BCUT2D eigenvalue weighted by atomic mass is 9.78. The number of carbonyl (C=O) groups is 4. The molecule has 1 saturated heterocycles. The standard InChI is InChI=1S/C34H43N3O5S/c1-4-36(27-8-6-7-23(3)19-27)32(39)22-37-28-15-18-43-31(28)21-29(37)30(38)20-24-9-11-25(12-10-24)33(40)35-16-13-26(14-17-35)34(41)42-5-2/h6-8,15,18-19,21,24-26H,4-5,9-14,16-17,20,22H2,1-3H3. The molecule has 2 amide bonds. The molecule has 0 radical (unpaired) electrons. The van der Waals surface area contributed by atoms with Gasteiger partial charge in [-0.25, -0.2) is 0 Å². The summed E-state index contributed by atoms with van der Waals surface area (Å²) in [6.07, 6.45) is 4.99. The summed E-state index contributed by atoms with van der Waals surface area (Å²) in [5.41, 5.74) is 3.47. The lowest BCUT2D eigenvalue weighted by Gasteiger charge is -2.35. The van der Waals surface area contributed by atoms with Crippen molar-refractivity contribution in [1.82, 2.24) is 9.47 Å². The number of aromatic nitrogens is 1. The summed E-state index contributed by atoms with van der Waals surface area (Å²) < 4.78 is 8.06. The van der Waals surface area contributed by atoms with Gasteiger partial charge in [0.1, 0.15) is 6.54 Å². The Kier molecular flexibility index (Phi) is 10.0. The lowest BCUT2D eigenvalue weighted by molar-refractivity contribution is -0.152. The number of rotatable bonds is 10. The highest BCUT2D eigenvalue weighted by Crippen LogP contribution is 2.35. The zero-order valence-electron chi connectivity index (χ0n) is 25.5. The van der Waals surface area contributed by atoms with Gasteiger partial charge in [-0.3, -0.25) is 19.2 Å². The van der Waals surface area contributed by atoms with E-state index in [1.807, 2.05) is 72.0 Å². The number of fused-ring (bicyclic) bond motifs is 1. The Morgan fingerprint density at radius 1 is 0.953 bits per heavy atom. The molecule has 0 N–H and O–H groups in total. The fourth-order valence-electron chi connectivity index (χ4n) is 6.73. The highest BCUT2D eigenvalue weighted by Gasteiger charge is 2.34. The van der Waals surface area contributed by atoms with Crippen molar-refractivity contribution in [3.63, 3.8) is 0 Å². The molecule has 2 aliphatic rings. The van der Waals surface area contributed by atoms with Gasteiger partial charge >= 0.3 is 5.97 Å². The van der Waals surface area contributed by atoms with Gasteiger partial charge < -0.3 is 19.1 Å². The van der Waals surface area contributed by atoms with Crippen LogP contribution < -0.4 is 4.90 Å². The Balaban J connectivity index is 1.18. The van der Waals surface area contributed by atoms with Gasteiger partial charge in [-0.2, -0.15) is 0 Å². The van der Waals surface area contributed by atoms with Crippen molar-refractivity contribution >= 4 is 50.8 Å². The van der Waals surface area contributed by atoms with Gasteiger partial charge in [0.2, 0.25) is 11.8 Å². The summed E-state index contributed by atoms with van der Waals surface area (Å²) >= 11 is 1.58. The molecule has 1 aliphatic heterocycles. The summed E-state index contributed by atoms with van der Waals surface area (Å²) in [7, 11) is 0. The van der Waals surface area contributed by atoms with Gasteiger partial charge in [0, 0.05) is 37.7 Å². The van der Waals surface area contributed by atoms with Gasteiger partial charge in [-0.15, -0.1) is 11.3 Å². The summed E-state index contributed by atoms with van der Waals surface area (Å²) in [5.74, 6) is 0.157. The van der Waals surface area contributed by atoms with Crippen molar-refractivity contribution in [2.75, 3.05) is 31.1 Å². The molecule has 3 aromatic rings. The van der Waals surface area contributed by atoms with E-state index in [1.165, 1.54) is 0 Å². The number of hydrogen-bond donors (Lipinski definition) is 0. The second-order valence-electron chi connectivity index (χ2n) is 12.0. The fraction of sp³-hybridized carbons (Fsp3) is 0.529. The Bertz CT molecular complexity index is 1460. The maximum absolute atomic E-state index is 13.7. The van der Waals surface area contributed by atoms with Crippen LogP contribution in [0.3, 0.4) is 0 Å². The second kappa shape index (κ2) is 13.9. The summed E-state index contributed by atoms with van der Waals surface area (Å²) in [4.78, 5) is 56.2. The number of piperidine rings is 1. The smallest absolute Gasteiger partial charge is 0.309 e. The number of amides is 2. The van der Waals surface area contributed by atoms with Crippen molar-refractivity contribution in [1.29, 1.82) is 0 Å². The molecule has 2 fully saturated rings. The number of ketones is 1. The molecule has 8 nitrogen and oxygen atoms in total. The molecular weight excluding hydrogens is 562 g/mol. The maximum Gasteiger partial charge on any atom is 0.309 e. The van der Waals surface area contributed by atoms with E-state index in [9.17, 15) is 19.2 Å². The second-order valence-corrected chi connectivity index (χ2v) is 12.9. The average molecular weight is 606 g/mol. The highest BCUT2D eigenvalue weighted by molar-refractivity contribution is 7.17.